The average molecular weight is 569 g/mol. The van der Waals surface area contributed by atoms with Gasteiger partial charge in [0.1, 0.15) is 24.1 Å². The monoisotopic (exact) mass is 569 g/mol. The van der Waals surface area contributed by atoms with Crippen molar-refractivity contribution in [2.75, 3.05) is 33.0 Å². The zero-order chi connectivity index (χ0) is 28.5. The van der Waals surface area contributed by atoms with E-state index in [1.54, 1.807) is 27.7 Å². The number of hydrogen-bond donors (Lipinski definition) is 2. The molecule has 1 saturated heterocycles. The lowest BCUT2D eigenvalue weighted by molar-refractivity contribution is -0.0724. The maximum Gasteiger partial charge on any atom is 0.510 e. The molecule has 0 spiro atoms. The molecular weight excluding hydrogens is 537 g/mol. The van der Waals surface area contributed by atoms with Crippen LogP contribution in [0.1, 0.15) is 33.9 Å². The lowest BCUT2D eigenvalue weighted by Crippen LogP contribution is -2.37. The standard InChI is InChI=1S/C20H32N3O14P/c1-11(2)35-19(26)30-9-33-38(28,34-10-31-20(27)36-12(3)4)32-8-13-15(24)16(29-5)17(37-13)23-7-6-14(21)22-18(23)25/h6-7,11-13,15-17,24H,8-10H2,1-5H3,(H2,21,22,25). The van der Waals surface area contributed by atoms with Gasteiger partial charge in [-0.2, -0.15) is 4.98 Å². The number of aliphatic hydroxyl groups is 1. The van der Waals surface area contributed by atoms with Crippen LogP contribution in [0.5, 0.6) is 0 Å². The van der Waals surface area contributed by atoms with Gasteiger partial charge in [0.25, 0.3) is 0 Å². The summed E-state index contributed by atoms with van der Waals surface area (Å²) in [5, 5.41) is 10.7. The van der Waals surface area contributed by atoms with Crippen LogP contribution in [0.15, 0.2) is 17.1 Å². The second-order valence-corrected chi connectivity index (χ2v) is 9.83. The molecule has 0 bridgehead atoms. The molecule has 2 rings (SSSR count). The number of phosphoric ester groups is 1. The minimum absolute atomic E-state index is 0.0205. The predicted octanol–water partition coefficient (Wildman–Crippen LogP) is 1.29. The first-order valence-corrected chi connectivity index (χ1v) is 12.7. The summed E-state index contributed by atoms with van der Waals surface area (Å²) in [5.41, 5.74) is 4.74. The summed E-state index contributed by atoms with van der Waals surface area (Å²) in [6.07, 6.45) is -6.72. The fourth-order valence-corrected chi connectivity index (χ4v) is 3.88. The first-order chi connectivity index (χ1) is 17.8. The molecule has 216 valence electrons. The van der Waals surface area contributed by atoms with Gasteiger partial charge in [0.2, 0.25) is 13.6 Å². The van der Waals surface area contributed by atoms with Crippen LogP contribution in [-0.4, -0.2) is 84.8 Å². The van der Waals surface area contributed by atoms with E-state index in [1.807, 2.05) is 0 Å². The number of phosphoric acid groups is 1. The van der Waals surface area contributed by atoms with Crippen LogP contribution in [0.3, 0.4) is 0 Å². The molecule has 18 heteroatoms. The molecule has 4 atom stereocenters. The number of methoxy groups -OCH3 is 1. The van der Waals surface area contributed by atoms with E-state index < -0.39 is 82.8 Å². The van der Waals surface area contributed by atoms with Crippen LogP contribution in [0, 0.1) is 0 Å². The zero-order valence-corrected chi connectivity index (χ0v) is 22.3. The van der Waals surface area contributed by atoms with Crippen LogP contribution in [0.25, 0.3) is 0 Å². The number of nitrogens with two attached hydrogens (primary N) is 1. The molecule has 17 nitrogen and oxygen atoms in total. The Morgan fingerprint density at radius 1 is 1.11 bits per heavy atom. The van der Waals surface area contributed by atoms with Gasteiger partial charge in [-0.05, 0) is 33.8 Å². The van der Waals surface area contributed by atoms with Gasteiger partial charge in [-0.15, -0.1) is 0 Å². The van der Waals surface area contributed by atoms with E-state index in [0.29, 0.717) is 0 Å². The number of carbonyl (C=O) groups excluding carboxylic acids is 2. The normalized spacial score (nSPS) is 21.5. The van der Waals surface area contributed by atoms with Gasteiger partial charge in [-0.25, -0.2) is 28.0 Å². The first-order valence-electron chi connectivity index (χ1n) is 11.3. The highest BCUT2D eigenvalue weighted by molar-refractivity contribution is 7.48. The lowest BCUT2D eigenvalue weighted by atomic mass is 10.1. The topological polar surface area (TPSA) is 215 Å². The largest absolute Gasteiger partial charge is 0.510 e. The van der Waals surface area contributed by atoms with Crippen LogP contribution in [0.2, 0.25) is 0 Å². The van der Waals surface area contributed by atoms with Crippen LogP contribution < -0.4 is 11.4 Å². The van der Waals surface area contributed by atoms with Crippen molar-refractivity contribution in [3.8, 4) is 0 Å². The van der Waals surface area contributed by atoms with Gasteiger partial charge in [0.05, 0.1) is 18.8 Å². The van der Waals surface area contributed by atoms with Gasteiger partial charge in [0, 0.05) is 13.3 Å². The maximum absolute atomic E-state index is 13.1. The van der Waals surface area contributed by atoms with Gasteiger partial charge >= 0.3 is 25.8 Å². The molecule has 0 amide bonds. The SMILES string of the molecule is COC1C(O)C(COP(=O)(OCOC(=O)OC(C)C)OCOC(=O)OC(C)C)OC1n1ccc(N)nc1=O. The molecule has 1 aliphatic rings. The summed E-state index contributed by atoms with van der Waals surface area (Å²) in [7, 11) is -3.33. The van der Waals surface area contributed by atoms with Crippen molar-refractivity contribution in [2.24, 2.45) is 0 Å². The Kier molecular flexibility index (Phi) is 11.9. The molecule has 0 saturated carbocycles. The summed E-state index contributed by atoms with van der Waals surface area (Å²) in [6, 6.07) is 1.35. The summed E-state index contributed by atoms with van der Waals surface area (Å²) in [6.45, 7) is 3.83. The molecule has 0 radical (unpaired) electrons. The van der Waals surface area contributed by atoms with E-state index in [9.17, 15) is 24.1 Å². The Labute approximate surface area is 217 Å². The van der Waals surface area contributed by atoms with Crippen molar-refractivity contribution in [3.63, 3.8) is 0 Å². The Hall–Kier alpha value is -2.79. The van der Waals surface area contributed by atoms with Crippen molar-refractivity contribution in [1.29, 1.82) is 0 Å². The number of nitrogen functional groups attached to an aromatic ring is 1. The minimum atomic E-state index is -4.61. The van der Waals surface area contributed by atoms with Gasteiger partial charge in [-0.1, -0.05) is 0 Å². The van der Waals surface area contributed by atoms with E-state index in [2.05, 4.69) is 14.5 Å². The highest BCUT2D eigenvalue weighted by Gasteiger charge is 2.46. The third kappa shape index (κ3) is 9.50. The van der Waals surface area contributed by atoms with Gasteiger partial charge < -0.3 is 39.3 Å². The van der Waals surface area contributed by atoms with Crippen molar-refractivity contribution in [2.45, 2.75) is 64.4 Å². The smallest absolute Gasteiger partial charge is 0.432 e. The Morgan fingerprint density at radius 3 is 2.13 bits per heavy atom. The fraction of sp³-hybridized carbons (Fsp3) is 0.700. The first kappa shape index (κ1) is 31.4. The molecule has 4 unspecified atom stereocenters. The van der Waals surface area contributed by atoms with Crippen molar-refractivity contribution < 1.29 is 61.3 Å². The second-order valence-electron chi connectivity index (χ2n) is 8.16. The van der Waals surface area contributed by atoms with Gasteiger partial charge in [-0.3, -0.25) is 9.09 Å². The lowest BCUT2D eigenvalue weighted by Gasteiger charge is -2.21. The number of ether oxygens (including phenoxy) is 6. The van der Waals surface area contributed by atoms with Gasteiger partial charge in [0.15, 0.2) is 6.23 Å². The number of hydrogen-bond acceptors (Lipinski definition) is 16. The number of anilines is 1. The summed E-state index contributed by atoms with van der Waals surface area (Å²) >= 11 is 0. The quantitative estimate of drug-likeness (QED) is 0.194. The molecule has 1 aliphatic heterocycles. The molecule has 1 fully saturated rings. The van der Waals surface area contributed by atoms with Crippen LogP contribution >= 0.6 is 7.82 Å². The number of nitrogens with zero attached hydrogens (tertiary/aromatic N) is 2. The third-order valence-corrected chi connectivity index (χ3v) is 5.86. The third-order valence-electron chi connectivity index (χ3n) is 4.55. The predicted molar refractivity (Wildman–Crippen MR) is 124 cm³/mol. The maximum atomic E-state index is 13.1. The van der Waals surface area contributed by atoms with E-state index in [0.717, 1.165) is 4.57 Å². The summed E-state index contributed by atoms with van der Waals surface area (Å²) in [4.78, 5) is 38.9. The number of aliphatic hydroxyl groups excluding tert-OH is 1. The second kappa shape index (κ2) is 14.4. The minimum Gasteiger partial charge on any atom is -0.432 e. The number of rotatable bonds is 13. The van der Waals surface area contributed by atoms with Crippen LogP contribution in [-0.2, 0) is 46.6 Å². The summed E-state index contributed by atoms with van der Waals surface area (Å²) in [5.74, 6) is -0.0205. The molecule has 1 aromatic heterocycles. The van der Waals surface area contributed by atoms with Crippen molar-refractivity contribution in [1.82, 2.24) is 9.55 Å². The highest BCUT2D eigenvalue weighted by Crippen LogP contribution is 2.50. The van der Waals surface area contributed by atoms with E-state index in [1.165, 1.54) is 19.4 Å². The molecule has 1 aromatic rings. The fourth-order valence-electron chi connectivity index (χ4n) is 2.96. The van der Waals surface area contributed by atoms with E-state index >= 15 is 0 Å². The summed E-state index contributed by atoms with van der Waals surface area (Å²) < 4.78 is 59.0. The average Bonchev–Trinajstić information content (AvgIpc) is 3.11. The number of carbonyl (C=O) groups is 2. The Bertz CT molecular complexity index is 1000. The molecule has 0 aromatic carbocycles. The molecule has 0 aliphatic carbocycles. The molecule has 3 N–H and O–H groups in total. The van der Waals surface area contributed by atoms with E-state index in [4.69, 9.17) is 38.3 Å². The molecule has 2 heterocycles. The highest BCUT2D eigenvalue weighted by atomic mass is 31.2. The van der Waals surface area contributed by atoms with Crippen molar-refractivity contribution in [3.05, 3.63) is 22.7 Å². The number of aromatic nitrogens is 2. The van der Waals surface area contributed by atoms with Crippen molar-refractivity contribution >= 4 is 26.0 Å². The Balaban J connectivity index is 2.07. The van der Waals surface area contributed by atoms with Crippen LogP contribution in [0.4, 0.5) is 15.4 Å². The Morgan fingerprint density at radius 2 is 1.66 bits per heavy atom. The zero-order valence-electron chi connectivity index (χ0n) is 21.4. The van der Waals surface area contributed by atoms with E-state index in [-0.39, 0.29) is 5.82 Å². The molecule has 38 heavy (non-hydrogen) atoms. The molecular formula is C20H32N3O14P.